The van der Waals surface area contributed by atoms with Gasteiger partial charge in [0, 0.05) is 19.3 Å². The average Bonchev–Trinajstić information content (AvgIpc) is 3.33. The molecule has 0 saturated carbocycles. The number of hydrogen-bond donors (Lipinski definition) is 1. The summed E-state index contributed by atoms with van der Waals surface area (Å²) in [4.78, 5) is 37.3. The number of carboxylic acid groups (broad SMARTS) is 1. The zero-order valence-corrected chi connectivity index (χ0v) is 47.0. The Hall–Kier alpha value is -2.45. The highest BCUT2D eigenvalue weighted by Gasteiger charge is 2.31. The third kappa shape index (κ3) is 50.5. The van der Waals surface area contributed by atoms with E-state index < -0.39 is 18.1 Å². The van der Waals surface area contributed by atoms with E-state index in [1.54, 1.807) is 0 Å². The fourth-order valence-electron chi connectivity index (χ4n) is 9.23. The predicted molar refractivity (Wildman–Crippen MR) is 298 cm³/mol. The second kappa shape index (κ2) is 52.9. The predicted octanol–water partition coefficient (Wildman–Crippen LogP) is 18.1. The highest BCUT2D eigenvalue weighted by molar-refractivity contribution is 5.72. The van der Waals surface area contributed by atoms with Crippen LogP contribution in [-0.4, -0.2) is 80.6 Å². The monoisotopic (exact) mass is 987 g/mol. The number of likely N-dealkylation sites (N-methyl/N-ethyl adjacent to an activating group) is 1. The molecule has 0 rings (SSSR count). The van der Waals surface area contributed by atoms with Crippen LogP contribution in [0.5, 0.6) is 0 Å². The summed E-state index contributed by atoms with van der Waals surface area (Å²) in [6.07, 6.45) is 65.0. The minimum Gasteiger partial charge on any atom is -0.477 e. The van der Waals surface area contributed by atoms with Gasteiger partial charge in [0.25, 0.3) is 0 Å². The number of rotatable bonds is 55. The summed E-state index contributed by atoms with van der Waals surface area (Å²) in [5.41, 5.74) is 0. The first-order valence-electron chi connectivity index (χ1n) is 30.0. The Kier molecular flexibility index (Phi) is 51.0. The van der Waals surface area contributed by atoms with E-state index in [0.717, 1.165) is 57.8 Å². The Morgan fingerprint density at radius 3 is 1.19 bits per heavy atom. The minimum atomic E-state index is -0.870. The molecule has 8 heteroatoms. The molecule has 410 valence electrons. The van der Waals surface area contributed by atoms with Crippen LogP contribution in [0.15, 0.2) is 36.5 Å². The van der Waals surface area contributed by atoms with Crippen LogP contribution in [-0.2, 0) is 28.6 Å². The molecule has 2 unspecified atom stereocenters. The molecule has 0 aromatic rings. The number of carbonyl (C=O) groups excluding carboxylic acids is 2. The number of ether oxygens (including phenoxy) is 3. The van der Waals surface area contributed by atoms with Gasteiger partial charge in [-0.2, -0.15) is 0 Å². The minimum absolute atomic E-state index is 0.0463. The van der Waals surface area contributed by atoms with E-state index in [1.165, 1.54) is 199 Å². The lowest BCUT2D eigenvalue weighted by molar-refractivity contribution is -0.887. The molecule has 0 radical (unpaired) electrons. The van der Waals surface area contributed by atoms with E-state index in [1.807, 2.05) is 21.1 Å². The van der Waals surface area contributed by atoms with Crippen molar-refractivity contribution in [1.29, 1.82) is 0 Å². The van der Waals surface area contributed by atoms with E-state index in [2.05, 4.69) is 50.3 Å². The molecule has 0 aliphatic carbocycles. The fourth-order valence-corrected chi connectivity index (χ4v) is 9.23. The SMILES string of the molecule is CC/C=C/C/C=C/C/C=C/CCCCCCCCCCCCCCCC(=O)OC(COCCC(C(=O)O)[N+](C)(C)C)COC(=O)CCCCCCCCCCCCCCCCCCCCCCCCC. The highest BCUT2D eigenvalue weighted by Crippen LogP contribution is 2.18. The van der Waals surface area contributed by atoms with Crippen molar-refractivity contribution < 1.29 is 38.2 Å². The van der Waals surface area contributed by atoms with Gasteiger partial charge in [-0.25, -0.2) is 4.79 Å². The van der Waals surface area contributed by atoms with Crippen LogP contribution >= 0.6 is 0 Å². The van der Waals surface area contributed by atoms with Gasteiger partial charge < -0.3 is 23.8 Å². The first-order chi connectivity index (χ1) is 34.1. The molecule has 0 aromatic heterocycles. The molecule has 0 aliphatic rings. The van der Waals surface area contributed by atoms with Crippen molar-refractivity contribution in [2.45, 2.75) is 302 Å². The summed E-state index contributed by atoms with van der Waals surface area (Å²) in [5, 5.41) is 9.69. The van der Waals surface area contributed by atoms with Crippen molar-refractivity contribution in [3.63, 3.8) is 0 Å². The second-order valence-corrected chi connectivity index (χ2v) is 21.6. The molecule has 0 saturated heterocycles. The molecule has 0 aromatic carbocycles. The molecule has 0 aliphatic heterocycles. The molecule has 0 bridgehead atoms. The van der Waals surface area contributed by atoms with Gasteiger partial charge in [0.2, 0.25) is 0 Å². The molecule has 0 fully saturated rings. The van der Waals surface area contributed by atoms with Crippen LogP contribution in [0.3, 0.4) is 0 Å². The lowest BCUT2D eigenvalue weighted by atomic mass is 10.0. The Morgan fingerprint density at radius 2 is 0.800 bits per heavy atom. The largest absolute Gasteiger partial charge is 0.477 e. The Labute approximate surface area is 434 Å². The van der Waals surface area contributed by atoms with Crippen LogP contribution < -0.4 is 0 Å². The van der Waals surface area contributed by atoms with Gasteiger partial charge in [0.15, 0.2) is 12.1 Å². The summed E-state index contributed by atoms with van der Waals surface area (Å²) in [6.45, 7) is 4.69. The van der Waals surface area contributed by atoms with E-state index >= 15 is 0 Å². The van der Waals surface area contributed by atoms with Crippen molar-refractivity contribution in [3.8, 4) is 0 Å². The van der Waals surface area contributed by atoms with Gasteiger partial charge in [-0.3, -0.25) is 9.59 Å². The van der Waals surface area contributed by atoms with Gasteiger partial charge in [-0.05, 0) is 44.9 Å². The number of aliphatic carboxylic acids is 1. The van der Waals surface area contributed by atoms with Gasteiger partial charge in [-0.15, -0.1) is 0 Å². The van der Waals surface area contributed by atoms with Crippen molar-refractivity contribution >= 4 is 17.9 Å². The molecular formula is C62H116NO7+. The molecule has 8 nitrogen and oxygen atoms in total. The average molecular weight is 988 g/mol. The number of carboxylic acids is 1. The highest BCUT2D eigenvalue weighted by atomic mass is 16.6. The number of esters is 2. The van der Waals surface area contributed by atoms with Crippen LogP contribution in [0.25, 0.3) is 0 Å². The summed E-state index contributed by atoms with van der Waals surface area (Å²) in [5.74, 6) is -1.44. The summed E-state index contributed by atoms with van der Waals surface area (Å²) >= 11 is 0. The van der Waals surface area contributed by atoms with Crippen molar-refractivity contribution in [1.82, 2.24) is 0 Å². The van der Waals surface area contributed by atoms with Crippen LogP contribution in [0.4, 0.5) is 0 Å². The first-order valence-corrected chi connectivity index (χ1v) is 30.0. The second-order valence-electron chi connectivity index (χ2n) is 21.6. The van der Waals surface area contributed by atoms with Gasteiger partial charge in [-0.1, -0.05) is 262 Å². The maximum absolute atomic E-state index is 12.9. The summed E-state index contributed by atoms with van der Waals surface area (Å²) < 4.78 is 17.4. The number of unbranched alkanes of at least 4 members (excludes halogenated alkanes) is 35. The normalized spacial score (nSPS) is 13.0. The molecule has 70 heavy (non-hydrogen) atoms. The summed E-state index contributed by atoms with van der Waals surface area (Å²) in [7, 11) is 5.56. The lowest BCUT2D eigenvalue weighted by Gasteiger charge is -2.31. The van der Waals surface area contributed by atoms with Gasteiger partial charge in [0.1, 0.15) is 6.61 Å². The molecule has 1 N–H and O–H groups in total. The first kappa shape index (κ1) is 67.5. The zero-order chi connectivity index (χ0) is 51.3. The van der Waals surface area contributed by atoms with Crippen molar-refractivity contribution in [2.24, 2.45) is 0 Å². The number of nitrogens with zero attached hydrogens (tertiary/aromatic N) is 1. The molecule has 0 heterocycles. The Balaban J connectivity index is 4.10. The number of carbonyl (C=O) groups is 3. The lowest BCUT2D eigenvalue weighted by Crippen LogP contribution is -2.50. The van der Waals surface area contributed by atoms with E-state index in [-0.39, 0.29) is 36.2 Å². The zero-order valence-electron chi connectivity index (χ0n) is 47.0. The van der Waals surface area contributed by atoms with Crippen LogP contribution in [0.2, 0.25) is 0 Å². The van der Waals surface area contributed by atoms with Crippen molar-refractivity contribution in [2.75, 3.05) is 41.0 Å². The van der Waals surface area contributed by atoms with Crippen LogP contribution in [0.1, 0.15) is 290 Å². The topological polar surface area (TPSA) is 99.1 Å². The summed E-state index contributed by atoms with van der Waals surface area (Å²) in [6, 6.07) is -0.614. The molecule has 2 atom stereocenters. The third-order valence-electron chi connectivity index (χ3n) is 13.8. The maximum Gasteiger partial charge on any atom is 0.362 e. The third-order valence-corrected chi connectivity index (χ3v) is 13.8. The number of hydrogen-bond acceptors (Lipinski definition) is 6. The van der Waals surface area contributed by atoms with E-state index in [0.29, 0.717) is 19.3 Å². The van der Waals surface area contributed by atoms with E-state index in [9.17, 15) is 19.5 Å². The standard InChI is InChI=1S/C62H115NO7/c1-6-8-10-12-14-16-18-20-22-24-26-28-30-32-34-36-38-40-42-44-46-48-50-52-60(64)69-57-58(56-68-55-54-59(62(66)67)63(3,4)5)70-61(65)53-51-49-47-45-43-41-39-37-35-33-31-29-27-25-23-21-19-17-15-13-11-9-7-2/h9,11,15,17,21,23,58-59H,6-8,10,12-14,16,18-20,22,24-57H2,1-5H3/p+1/b11-9+,17-15+,23-21+. The van der Waals surface area contributed by atoms with Crippen molar-refractivity contribution in [3.05, 3.63) is 36.5 Å². The van der Waals surface area contributed by atoms with Gasteiger partial charge in [0.05, 0.1) is 34.4 Å². The quantitative estimate of drug-likeness (QED) is 0.0280. The number of quaternary nitrogens is 1. The smallest absolute Gasteiger partial charge is 0.362 e. The molecule has 0 spiro atoms. The van der Waals surface area contributed by atoms with E-state index in [4.69, 9.17) is 14.2 Å². The van der Waals surface area contributed by atoms with Crippen LogP contribution in [0, 0.1) is 0 Å². The molecular weight excluding hydrogens is 871 g/mol. The molecule has 0 amide bonds. The fraction of sp³-hybridized carbons (Fsp3) is 0.855. The number of allylic oxidation sites excluding steroid dienone is 6. The Bertz CT molecular complexity index is 1240. The maximum atomic E-state index is 12.9. The van der Waals surface area contributed by atoms with Gasteiger partial charge >= 0.3 is 17.9 Å². The Morgan fingerprint density at radius 1 is 0.443 bits per heavy atom.